The van der Waals surface area contributed by atoms with Gasteiger partial charge in [0.1, 0.15) is 12.4 Å². The van der Waals surface area contributed by atoms with Crippen LogP contribution in [0.4, 0.5) is 4.39 Å². The topological polar surface area (TPSA) is 103 Å². The molecule has 0 unspecified atom stereocenters. The van der Waals surface area contributed by atoms with Crippen LogP contribution in [0.5, 0.6) is 0 Å². The van der Waals surface area contributed by atoms with E-state index in [1.54, 1.807) is 18.2 Å². The quantitative estimate of drug-likeness (QED) is 0.719. The van der Waals surface area contributed by atoms with Gasteiger partial charge in [-0.3, -0.25) is 9.59 Å². The van der Waals surface area contributed by atoms with Crippen molar-refractivity contribution in [1.82, 2.24) is 25.2 Å². The van der Waals surface area contributed by atoms with E-state index in [0.29, 0.717) is 17.8 Å². The van der Waals surface area contributed by atoms with Crippen molar-refractivity contribution in [2.45, 2.75) is 19.9 Å². The zero-order chi connectivity index (χ0) is 18.5. The Bertz CT molecular complexity index is 965. The maximum absolute atomic E-state index is 13.0. The number of hydrogen-bond donors (Lipinski definition) is 1. The minimum atomic E-state index is -0.467. The number of nitrogens with zero attached hydrogens (tertiary/aromatic N) is 4. The highest BCUT2D eigenvalue weighted by atomic mass is 19.1. The fourth-order valence-electron chi connectivity index (χ4n) is 2.20. The molecule has 1 N–H and O–H groups in total. The second kappa shape index (κ2) is 7.68. The molecule has 0 fully saturated rings. The van der Waals surface area contributed by atoms with Crippen molar-refractivity contribution in [3.05, 3.63) is 64.3 Å². The highest BCUT2D eigenvalue weighted by Gasteiger charge is 2.15. The number of rotatable bonds is 6. The molecule has 0 aliphatic rings. The number of nitrogens with one attached hydrogen (secondary N) is 1. The molecule has 0 saturated carbocycles. The summed E-state index contributed by atoms with van der Waals surface area (Å²) in [5.74, 6) is -0.845. The summed E-state index contributed by atoms with van der Waals surface area (Å²) in [5.41, 5.74) is 0.791. The van der Waals surface area contributed by atoms with Crippen LogP contribution in [0, 0.1) is 5.82 Å². The van der Waals surface area contributed by atoms with E-state index in [9.17, 15) is 14.0 Å². The first-order chi connectivity index (χ1) is 12.6. The van der Waals surface area contributed by atoms with Crippen molar-refractivity contribution in [2.24, 2.45) is 0 Å². The van der Waals surface area contributed by atoms with Crippen LogP contribution in [0.25, 0.3) is 11.3 Å². The van der Waals surface area contributed by atoms with E-state index >= 15 is 0 Å². The van der Waals surface area contributed by atoms with Gasteiger partial charge in [0.05, 0.1) is 5.69 Å². The number of benzene rings is 1. The first-order valence-electron chi connectivity index (χ1n) is 8.01. The second-order valence-electron chi connectivity index (χ2n) is 5.49. The van der Waals surface area contributed by atoms with Gasteiger partial charge in [-0.05, 0) is 36.8 Å². The molecule has 0 atom stereocenters. The minimum absolute atomic E-state index is 0.0571. The normalized spacial score (nSPS) is 10.7. The Hall–Kier alpha value is -3.36. The van der Waals surface area contributed by atoms with E-state index in [2.05, 4.69) is 20.6 Å². The van der Waals surface area contributed by atoms with Gasteiger partial charge in [-0.25, -0.2) is 9.07 Å². The first kappa shape index (κ1) is 17.5. The minimum Gasteiger partial charge on any atom is -0.348 e. The third kappa shape index (κ3) is 4.00. The average molecular weight is 357 g/mol. The summed E-state index contributed by atoms with van der Waals surface area (Å²) in [7, 11) is 0. The van der Waals surface area contributed by atoms with Gasteiger partial charge in [-0.15, -0.1) is 0 Å². The molecular formula is C17H16FN5O3. The Labute approximate surface area is 147 Å². The number of hydrogen-bond acceptors (Lipinski definition) is 6. The van der Waals surface area contributed by atoms with E-state index in [1.807, 2.05) is 6.92 Å². The fraction of sp³-hybridized carbons (Fsp3) is 0.235. The summed E-state index contributed by atoms with van der Waals surface area (Å²) in [6, 6.07) is 8.65. The lowest BCUT2D eigenvalue weighted by Gasteiger charge is -2.05. The van der Waals surface area contributed by atoms with Gasteiger partial charge >= 0.3 is 11.8 Å². The van der Waals surface area contributed by atoms with Gasteiger partial charge in [0.15, 0.2) is 5.82 Å². The molecule has 0 radical (unpaired) electrons. The molecule has 0 aliphatic heterocycles. The van der Waals surface area contributed by atoms with E-state index in [1.165, 1.54) is 18.2 Å². The molecular weight excluding hydrogens is 341 g/mol. The van der Waals surface area contributed by atoms with Crippen LogP contribution in [0.15, 0.2) is 45.7 Å². The number of carbonyl (C=O) groups excluding carboxylic acids is 1. The van der Waals surface area contributed by atoms with E-state index in [0.717, 1.165) is 11.1 Å². The summed E-state index contributed by atoms with van der Waals surface area (Å²) in [6.45, 7) is 2.36. The van der Waals surface area contributed by atoms with Crippen LogP contribution in [-0.4, -0.2) is 32.4 Å². The molecule has 1 aromatic carbocycles. The van der Waals surface area contributed by atoms with Gasteiger partial charge in [-0.2, -0.15) is 10.1 Å². The number of aromatic nitrogens is 4. The lowest BCUT2D eigenvalue weighted by atomic mass is 10.1. The van der Waals surface area contributed by atoms with Crippen LogP contribution in [0.1, 0.15) is 29.9 Å². The van der Waals surface area contributed by atoms with Crippen LogP contribution >= 0.6 is 0 Å². The molecule has 0 spiro atoms. The van der Waals surface area contributed by atoms with Crippen LogP contribution in [0.2, 0.25) is 0 Å². The molecule has 134 valence electrons. The van der Waals surface area contributed by atoms with Crippen molar-refractivity contribution in [1.29, 1.82) is 0 Å². The smallest absolute Gasteiger partial charge is 0.316 e. The molecule has 1 amide bonds. The van der Waals surface area contributed by atoms with Gasteiger partial charge in [-0.1, -0.05) is 12.1 Å². The molecule has 0 saturated heterocycles. The Morgan fingerprint density at radius 2 is 2.00 bits per heavy atom. The molecule has 26 heavy (non-hydrogen) atoms. The van der Waals surface area contributed by atoms with Gasteiger partial charge in [0, 0.05) is 18.2 Å². The van der Waals surface area contributed by atoms with Gasteiger partial charge in [0.2, 0.25) is 0 Å². The summed E-state index contributed by atoms with van der Waals surface area (Å²) in [5, 5.41) is 10.6. The Morgan fingerprint density at radius 3 is 2.73 bits per heavy atom. The van der Waals surface area contributed by atoms with Crippen LogP contribution in [0.3, 0.4) is 0 Å². The van der Waals surface area contributed by atoms with E-state index in [4.69, 9.17) is 4.52 Å². The third-order valence-corrected chi connectivity index (χ3v) is 3.50. The number of carbonyl (C=O) groups is 1. The molecule has 0 aliphatic carbocycles. The molecule has 2 heterocycles. The molecule has 0 bridgehead atoms. The average Bonchev–Trinajstić information content (AvgIpc) is 3.11. The highest BCUT2D eigenvalue weighted by Crippen LogP contribution is 2.15. The maximum Gasteiger partial charge on any atom is 0.316 e. The van der Waals surface area contributed by atoms with Crippen molar-refractivity contribution in [3.8, 4) is 11.3 Å². The molecule has 9 heteroatoms. The standard InChI is InChI=1S/C17H16FN5O3/c1-2-9-19-16(25)17-20-14(22-26-17)10-23-15(24)8-7-13(21-23)11-3-5-12(18)6-4-11/h3-8H,2,9-10H2,1H3,(H,19,25). The zero-order valence-electron chi connectivity index (χ0n) is 14.0. The van der Waals surface area contributed by atoms with E-state index < -0.39 is 5.91 Å². The highest BCUT2D eigenvalue weighted by molar-refractivity contribution is 5.89. The van der Waals surface area contributed by atoms with Gasteiger partial charge < -0.3 is 9.84 Å². The van der Waals surface area contributed by atoms with Crippen molar-refractivity contribution in [2.75, 3.05) is 6.54 Å². The molecule has 3 rings (SSSR count). The summed E-state index contributed by atoms with van der Waals surface area (Å²) < 4.78 is 19.1. The van der Waals surface area contributed by atoms with Crippen LogP contribution < -0.4 is 10.9 Å². The Balaban J connectivity index is 1.81. The SMILES string of the molecule is CCCNC(=O)c1nc(Cn2nc(-c3ccc(F)cc3)ccc2=O)no1. The van der Waals surface area contributed by atoms with Crippen molar-refractivity contribution >= 4 is 5.91 Å². The number of halogens is 1. The summed E-state index contributed by atoms with van der Waals surface area (Å²) in [4.78, 5) is 27.8. The first-order valence-corrected chi connectivity index (χ1v) is 8.01. The molecule has 2 aromatic heterocycles. The second-order valence-corrected chi connectivity index (χ2v) is 5.49. The van der Waals surface area contributed by atoms with Crippen molar-refractivity contribution in [3.63, 3.8) is 0 Å². The monoisotopic (exact) mass is 357 g/mol. The third-order valence-electron chi connectivity index (χ3n) is 3.50. The lowest BCUT2D eigenvalue weighted by molar-refractivity contribution is 0.0910. The summed E-state index contributed by atoms with van der Waals surface area (Å²) >= 11 is 0. The van der Waals surface area contributed by atoms with Crippen molar-refractivity contribution < 1.29 is 13.7 Å². The molecule has 3 aromatic rings. The molecule has 8 nitrogen and oxygen atoms in total. The van der Waals surface area contributed by atoms with Crippen LogP contribution in [-0.2, 0) is 6.54 Å². The predicted molar refractivity (Wildman–Crippen MR) is 89.9 cm³/mol. The maximum atomic E-state index is 13.0. The number of amides is 1. The predicted octanol–water partition coefficient (Wildman–Crippen LogP) is 1.62. The largest absolute Gasteiger partial charge is 0.348 e. The Morgan fingerprint density at radius 1 is 1.23 bits per heavy atom. The zero-order valence-corrected chi connectivity index (χ0v) is 14.0. The van der Waals surface area contributed by atoms with E-state index in [-0.39, 0.29) is 29.6 Å². The lowest BCUT2D eigenvalue weighted by Crippen LogP contribution is -2.25. The van der Waals surface area contributed by atoms with Gasteiger partial charge in [0.25, 0.3) is 5.56 Å². The Kier molecular flexibility index (Phi) is 5.16. The summed E-state index contributed by atoms with van der Waals surface area (Å²) in [6.07, 6.45) is 0.780. The fourth-order valence-corrected chi connectivity index (χ4v) is 2.20.